The van der Waals surface area contributed by atoms with Crippen LogP contribution >= 0.6 is 0 Å². The minimum absolute atomic E-state index is 0.208. The third-order valence-electron chi connectivity index (χ3n) is 2.93. The molecular formula is C16H16F2O2. The van der Waals surface area contributed by atoms with Gasteiger partial charge in [0.1, 0.15) is 12.7 Å². The molecule has 0 spiro atoms. The van der Waals surface area contributed by atoms with Gasteiger partial charge in [-0.3, -0.25) is 0 Å². The summed E-state index contributed by atoms with van der Waals surface area (Å²) in [5, 5.41) is 10.0. The van der Waals surface area contributed by atoms with Crippen molar-refractivity contribution < 1.29 is 18.6 Å². The molecular weight excluding hydrogens is 262 g/mol. The number of para-hydroxylation sites is 1. The fraction of sp³-hybridized carbons (Fsp3) is 0.250. The van der Waals surface area contributed by atoms with Crippen molar-refractivity contribution in [2.75, 3.05) is 6.61 Å². The van der Waals surface area contributed by atoms with Gasteiger partial charge in [-0.15, -0.1) is 0 Å². The maximum atomic E-state index is 13.4. The van der Waals surface area contributed by atoms with Crippen molar-refractivity contribution in [3.05, 3.63) is 64.7 Å². The summed E-state index contributed by atoms with van der Waals surface area (Å²) in [7, 11) is 0. The van der Waals surface area contributed by atoms with Gasteiger partial charge in [-0.2, -0.15) is 0 Å². The fourth-order valence-electron chi connectivity index (χ4n) is 2.08. The Morgan fingerprint density at radius 2 is 1.60 bits per heavy atom. The van der Waals surface area contributed by atoms with Crippen LogP contribution in [0.25, 0.3) is 0 Å². The van der Waals surface area contributed by atoms with Crippen LogP contribution in [0.5, 0.6) is 5.75 Å². The molecule has 0 amide bonds. The van der Waals surface area contributed by atoms with E-state index in [4.69, 9.17) is 4.74 Å². The summed E-state index contributed by atoms with van der Waals surface area (Å²) in [6, 6.07) is 9.10. The molecule has 1 unspecified atom stereocenters. The Balaban J connectivity index is 2.10. The molecule has 2 nitrogen and oxygen atoms in total. The van der Waals surface area contributed by atoms with Gasteiger partial charge in [-0.05, 0) is 31.5 Å². The van der Waals surface area contributed by atoms with E-state index in [1.807, 2.05) is 32.0 Å². The van der Waals surface area contributed by atoms with E-state index in [9.17, 15) is 13.9 Å². The molecule has 4 heteroatoms. The number of hydrogen-bond donors (Lipinski definition) is 1. The summed E-state index contributed by atoms with van der Waals surface area (Å²) < 4.78 is 31.8. The van der Waals surface area contributed by atoms with Gasteiger partial charge >= 0.3 is 0 Å². The van der Waals surface area contributed by atoms with Crippen LogP contribution in [0, 0.1) is 25.5 Å². The number of ether oxygens (including phenoxy) is 1. The number of aliphatic hydroxyl groups excluding tert-OH is 1. The van der Waals surface area contributed by atoms with Gasteiger partial charge in [0.25, 0.3) is 0 Å². The van der Waals surface area contributed by atoms with E-state index >= 15 is 0 Å². The molecule has 106 valence electrons. The molecule has 0 fully saturated rings. The zero-order valence-electron chi connectivity index (χ0n) is 11.4. The second kappa shape index (κ2) is 6.01. The van der Waals surface area contributed by atoms with Crippen LogP contribution in [-0.4, -0.2) is 11.7 Å². The molecule has 2 rings (SSSR count). The molecule has 0 aliphatic heterocycles. The van der Waals surface area contributed by atoms with Crippen LogP contribution in [0.1, 0.15) is 22.8 Å². The van der Waals surface area contributed by atoms with E-state index < -0.39 is 23.5 Å². The van der Waals surface area contributed by atoms with Crippen molar-refractivity contribution in [2.24, 2.45) is 0 Å². The fourth-order valence-corrected chi connectivity index (χ4v) is 2.08. The quantitative estimate of drug-likeness (QED) is 0.924. The molecule has 0 bridgehead atoms. The lowest BCUT2D eigenvalue weighted by atomic mass is 10.0. The second-order valence-electron chi connectivity index (χ2n) is 4.80. The van der Waals surface area contributed by atoms with E-state index in [0.717, 1.165) is 23.3 Å². The SMILES string of the molecule is Cc1cc(C)cc(C(O)COc2c(F)cccc2F)c1. The summed E-state index contributed by atoms with van der Waals surface area (Å²) in [6.45, 7) is 3.63. The largest absolute Gasteiger partial charge is 0.484 e. The number of hydrogen-bond acceptors (Lipinski definition) is 2. The first-order valence-electron chi connectivity index (χ1n) is 6.30. The van der Waals surface area contributed by atoms with Gasteiger partial charge in [0, 0.05) is 0 Å². The van der Waals surface area contributed by atoms with Crippen molar-refractivity contribution in [3.63, 3.8) is 0 Å². The summed E-state index contributed by atoms with van der Waals surface area (Å²) in [5.41, 5.74) is 2.69. The van der Waals surface area contributed by atoms with Gasteiger partial charge < -0.3 is 9.84 Å². The van der Waals surface area contributed by atoms with E-state index in [-0.39, 0.29) is 6.61 Å². The first kappa shape index (κ1) is 14.5. The number of benzene rings is 2. The van der Waals surface area contributed by atoms with Crippen molar-refractivity contribution in [3.8, 4) is 5.75 Å². The van der Waals surface area contributed by atoms with Crippen LogP contribution < -0.4 is 4.74 Å². The Morgan fingerprint density at radius 1 is 1.05 bits per heavy atom. The van der Waals surface area contributed by atoms with Crippen molar-refractivity contribution in [1.29, 1.82) is 0 Å². The number of aliphatic hydroxyl groups is 1. The van der Waals surface area contributed by atoms with Gasteiger partial charge in [-0.1, -0.05) is 35.4 Å². The lowest BCUT2D eigenvalue weighted by molar-refractivity contribution is 0.103. The van der Waals surface area contributed by atoms with Crippen LogP contribution in [0.3, 0.4) is 0 Å². The van der Waals surface area contributed by atoms with Crippen molar-refractivity contribution in [2.45, 2.75) is 20.0 Å². The molecule has 0 aliphatic carbocycles. The highest BCUT2D eigenvalue weighted by Gasteiger charge is 2.14. The molecule has 0 aromatic heterocycles. The van der Waals surface area contributed by atoms with Crippen molar-refractivity contribution >= 4 is 0 Å². The van der Waals surface area contributed by atoms with Crippen LogP contribution in [0.2, 0.25) is 0 Å². The topological polar surface area (TPSA) is 29.5 Å². The van der Waals surface area contributed by atoms with Crippen molar-refractivity contribution in [1.82, 2.24) is 0 Å². The minimum Gasteiger partial charge on any atom is -0.484 e. The first-order chi connectivity index (χ1) is 9.47. The van der Waals surface area contributed by atoms with Gasteiger partial charge in [-0.25, -0.2) is 8.78 Å². The smallest absolute Gasteiger partial charge is 0.190 e. The molecule has 1 atom stereocenters. The van der Waals surface area contributed by atoms with E-state index in [0.29, 0.717) is 5.56 Å². The molecule has 20 heavy (non-hydrogen) atoms. The first-order valence-corrected chi connectivity index (χ1v) is 6.30. The Morgan fingerprint density at radius 3 is 2.15 bits per heavy atom. The third-order valence-corrected chi connectivity index (χ3v) is 2.93. The van der Waals surface area contributed by atoms with E-state index in [1.54, 1.807) is 0 Å². The van der Waals surface area contributed by atoms with Crippen LogP contribution in [-0.2, 0) is 0 Å². The average Bonchev–Trinajstić information content (AvgIpc) is 2.36. The summed E-state index contributed by atoms with van der Waals surface area (Å²) in [6.07, 6.45) is -0.937. The predicted molar refractivity (Wildman–Crippen MR) is 72.7 cm³/mol. The lowest BCUT2D eigenvalue weighted by Gasteiger charge is -2.14. The van der Waals surface area contributed by atoms with Crippen LogP contribution in [0.15, 0.2) is 36.4 Å². The molecule has 0 saturated heterocycles. The molecule has 0 saturated carbocycles. The van der Waals surface area contributed by atoms with Gasteiger partial charge in [0.15, 0.2) is 17.4 Å². The summed E-state index contributed by atoms with van der Waals surface area (Å²) >= 11 is 0. The average molecular weight is 278 g/mol. The molecule has 0 radical (unpaired) electrons. The van der Waals surface area contributed by atoms with Crippen LogP contribution in [0.4, 0.5) is 8.78 Å². The lowest BCUT2D eigenvalue weighted by Crippen LogP contribution is -2.11. The molecule has 2 aromatic rings. The highest BCUT2D eigenvalue weighted by atomic mass is 19.1. The molecule has 0 heterocycles. The predicted octanol–water partition coefficient (Wildman–Crippen LogP) is 3.69. The monoisotopic (exact) mass is 278 g/mol. The Hall–Kier alpha value is -1.94. The normalized spacial score (nSPS) is 12.2. The third kappa shape index (κ3) is 3.33. The number of halogens is 2. The number of rotatable bonds is 4. The highest BCUT2D eigenvalue weighted by Crippen LogP contribution is 2.23. The summed E-state index contributed by atoms with van der Waals surface area (Å²) in [4.78, 5) is 0. The highest BCUT2D eigenvalue weighted by molar-refractivity contribution is 5.30. The maximum absolute atomic E-state index is 13.4. The standard InChI is InChI=1S/C16H16F2O2/c1-10-6-11(2)8-12(7-10)15(19)9-20-16-13(17)4-3-5-14(16)18/h3-8,15,19H,9H2,1-2H3. The summed E-state index contributed by atoms with van der Waals surface area (Å²) in [5.74, 6) is -2.02. The van der Waals surface area contributed by atoms with Gasteiger partial charge in [0.2, 0.25) is 0 Å². The Labute approximate surface area is 116 Å². The van der Waals surface area contributed by atoms with E-state index in [1.165, 1.54) is 6.07 Å². The zero-order valence-corrected chi connectivity index (χ0v) is 11.4. The molecule has 1 N–H and O–H groups in total. The molecule has 2 aromatic carbocycles. The Bertz CT molecular complexity index is 571. The number of aryl methyl sites for hydroxylation is 2. The zero-order chi connectivity index (χ0) is 14.7. The van der Waals surface area contributed by atoms with Gasteiger partial charge in [0.05, 0.1) is 0 Å². The molecule has 0 aliphatic rings. The Kier molecular flexibility index (Phi) is 4.35. The maximum Gasteiger partial charge on any atom is 0.190 e. The van der Waals surface area contributed by atoms with E-state index in [2.05, 4.69) is 0 Å². The minimum atomic E-state index is -0.937. The second-order valence-corrected chi connectivity index (χ2v) is 4.80.